The standard InChI is InChI=1S/C18H32N6O2/c1-2-3-10-24(15-16-25)18(26)21-8-5-9-22-11-13-23(14-12-22)17-19-6-4-7-20-17/h4,6-7,25H,2-3,5,8-16H2,1H3,(H,21,26). The lowest BCUT2D eigenvalue weighted by atomic mass is 10.3. The van der Waals surface area contributed by atoms with Gasteiger partial charge in [-0.05, 0) is 25.5 Å². The molecule has 2 amide bonds. The van der Waals surface area contributed by atoms with Gasteiger partial charge in [0.1, 0.15) is 0 Å². The number of unbranched alkanes of at least 4 members (excludes halogenated alkanes) is 1. The highest BCUT2D eigenvalue weighted by Crippen LogP contribution is 2.09. The molecule has 1 fully saturated rings. The minimum atomic E-state index is -0.0708. The predicted octanol–water partition coefficient (Wildman–Crippen LogP) is 0.793. The molecule has 1 saturated heterocycles. The highest BCUT2D eigenvalue weighted by Gasteiger charge is 2.18. The molecule has 0 atom stereocenters. The molecule has 1 aliphatic heterocycles. The van der Waals surface area contributed by atoms with E-state index < -0.39 is 0 Å². The largest absolute Gasteiger partial charge is 0.395 e. The van der Waals surface area contributed by atoms with E-state index in [0.29, 0.717) is 19.6 Å². The molecule has 1 aromatic heterocycles. The highest BCUT2D eigenvalue weighted by molar-refractivity contribution is 5.74. The average Bonchev–Trinajstić information content (AvgIpc) is 2.69. The first kappa shape index (κ1) is 20.4. The van der Waals surface area contributed by atoms with Gasteiger partial charge in [0, 0.05) is 58.2 Å². The Bertz CT molecular complexity index is 508. The van der Waals surface area contributed by atoms with Gasteiger partial charge < -0.3 is 20.2 Å². The second-order valence-corrected chi connectivity index (χ2v) is 6.53. The molecule has 0 bridgehead atoms. The Morgan fingerprint density at radius 1 is 1.19 bits per heavy atom. The number of carbonyl (C=O) groups excluding carboxylic acids is 1. The molecule has 2 heterocycles. The van der Waals surface area contributed by atoms with Gasteiger partial charge in [0.25, 0.3) is 0 Å². The van der Waals surface area contributed by atoms with Crippen LogP contribution >= 0.6 is 0 Å². The maximum absolute atomic E-state index is 12.2. The van der Waals surface area contributed by atoms with Crippen molar-refractivity contribution in [1.29, 1.82) is 0 Å². The van der Waals surface area contributed by atoms with Gasteiger partial charge in [0.15, 0.2) is 0 Å². The first-order chi connectivity index (χ1) is 12.7. The molecular formula is C18H32N6O2. The first-order valence-corrected chi connectivity index (χ1v) is 9.62. The van der Waals surface area contributed by atoms with Crippen LogP contribution in [0, 0.1) is 0 Å². The molecule has 1 aliphatic rings. The van der Waals surface area contributed by atoms with Crippen molar-refractivity contribution >= 4 is 12.0 Å². The van der Waals surface area contributed by atoms with E-state index in [0.717, 1.165) is 57.9 Å². The van der Waals surface area contributed by atoms with Crippen molar-refractivity contribution in [3.63, 3.8) is 0 Å². The molecule has 0 saturated carbocycles. The van der Waals surface area contributed by atoms with Crippen molar-refractivity contribution in [2.75, 3.05) is 63.9 Å². The van der Waals surface area contributed by atoms with Crippen molar-refractivity contribution in [2.24, 2.45) is 0 Å². The maximum Gasteiger partial charge on any atom is 0.317 e. The summed E-state index contributed by atoms with van der Waals surface area (Å²) in [4.78, 5) is 27.1. The third-order valence-electron chi connectivity index (χ3n) is 4.57. The number of rotatable bonds is 10. The van der Waals surface area contributed by atoms with Gasteiger partial charge in [-0.2, -0.15) is 0 Å². The van der Waals surface area contributed by atoms with E-state index in [-0.39, 0.29) is 12.6 Å². The summed E-state index contributed by atoms with van der Waals surface area (Å²) < 4.78 is 0. The van der Waals surface area contributed by atoms with E-state index in [1.54, 1.807) is 17.3 Å². The van der Waals surface area contributed by atoms with E-state index in [9.17, 15) is 4.79 Å². The van der Waals surface area contributed by atoms with Crippen LogP contribution in [0.5, 0.6) is 0 Å². The zero-order valence-electron chi connectivity index (χ0n) is 15.8. The fourth-order valence-corrected chi connectivity index (χ4v) is 3.02. The number of aromatic nitrogens is 2. The van der Waals surface area contributed by atoms with Crippen LogP contribution in [0.25, 0.3) is 0 Å². The fraction of sp³-hybridized carbons (Fsp3) is 0.722. The number of nitrogens with zero attached hydrogens (tertiary/aromatic N) is 5. The van der Waals surface area contributed by atoms with Crippen LogP contribution in [0.1, 0.15) is 26.2 Å². The number of hydrogen-bond donors (Lipinski definition) is 2. The molecule has 2 N–H and O–H groups in total. The van der Waals surface area contributed by atoms with E-state index in [1.807, 2.05) is 6.07 Å². The number of aliphatic hydroxyl groups excluding tert-OH is 1. The molecule has 146 valence electrons. The Morgan fingerprint density at radius 3 is 2.58 bits per heavy atom. The molecule has 1 aromatic rings. The lowest BCUT2D eigenvalue weighted by Gasteiger charge is -2.34. The Hall–Kier alpha value is -1.93. The summed E-state index contributed by atoms with van der Waals surface area (Å²) in [5.74, 6) is 0.801. The Balaban J connectivity index is 1.60. The number of amides is 2. The quantitative estimate of drug-likeness (QED) is 0.597. The minimum absolute atomic E-state index is 0.00649. The molecule has 0 radical (unpaired) electrons. The zero-order chi connectivity index (χ0) is 18.6. The van der Waals surface area contributed by atoms with Crippen LogP contribution < -0.4 is 10.2 Å². The zero-order valence-corrected chi connectivity index (χ0v) is 15.8. The van der Waals surface area contributed by atoms with Crippen LogP contribution in [0.4, 0.5) is 10.7 Å². The number of urea groups is 1. The van der Waals surface area contributed by atoms with Gasteiger partial charge in [-0.25, -0.2) is 14.8 Å². The average molecular weight is 364 g/mol. The second-order valence-electron chi connectivity index (χ2n) is 6.53. The normalized spacial score (nSPS) is 15.1. The first-order valence-electron chi connectivity index (χ1n) is 9.62. The summed E-state index contributed by atoms with van der Waals surface area (Å²) in [5, 5.41) is 12.1. The SMILES string of the molecule is CCCCN(CCO)C(=O)NCCCN1CCN(c2ncccn2)CC1. The summed E-state index contributed by atoms with van der Waals surface area (Å²) in [6, 6.07) is 1.76. The minimum Gasteiger partial charge on any atom is -0.395 e. The summed E-state index contributed by atoms with van der Waals surface area (Å²) in [6.45, 7) is 8.66. The fourth-order valence-electron chi connectivity index (χ4n) is 3.02. The summed E-state index contributed by atoms with van der Waals surface area (Å²) in [6.07, 6.45) is 6.47. The third kappa shape index (κ3) is 6.76. The van der Waals surface area contributed by atoms with Crippen LogP contribution in [0.2, 0.25) is 0 Å². The molecule has 2 rings (SSSR count). The molecule has 8 nitrogen and oxygen atoms in total. The van der Waals surface area contributed by atoms with E-state index in [1.165, 1.54) is 0 Å². The van der Waals surface area contributed by atoms with Crippen molar-refractivity contribution in [3.8, 4) is 0 Å². The van der Waals surface area contributed by atoms with Gasteiger partial charge in [-0.1, -0.05) is 13.3 Å². The van der Waals surface area contributed by atoms with Crippen LogP contribution in [0.3, 0.4) is 0 Å². The van der Waals surface area contributed by atoms with Gasteiger partial charge >= 0.3 is 6.03 Å². The Labute approximate surface area is 156 Å². The summed E-state index contributed by atoms with van der Waals surface area (Å²) in [7, 11) is 0. The molecule has 0 spiro atoms. The number of carbonyl (C=O) groups is 1. The number of hydrogen-bond acceptors (Lipinski definition) is 6. The van der Waals surface area contributed by atoms with E-state index in [2.05, 4.69) is 32.0 Å². The number of aliphatic hydroxyl groups is 1. The smallest absolute Gasteiger partial charge is 0.317 e. The third-order valence-corrected chi connectivity index (χ3v) is 4.57. The molecule has 0 unspecified atom stereocenters. The van der Waals surface area contributed by atoms with Crippen molar-refractivity contribution in [2.45, 2.75) is 26.2 Å². The Kier molecular flexibility index (Phi) is 9.13. The van der Waals surface area contributed by atoms with Crippen molar-refractivity contribution < 1.29 is 9.90 Å². The predicted molar refractivity (Wildman–Crippen MR) is 102 cm³/mol. The summed E-state index contributed by atoms with van der Waals surface area (Å²) >= 11 is 0. The summed E-state index contributed by atoms with van der Waals surface area (Å²) in [5.41, 5.74) is 0. The Morgan fingerprint density at radius 2 is 1.92 bits per heavy atom. The van der Waals surface area contributed by atoms with Gasteiger partial charge in [-0.3, -0.25) is 4.90 Å². The molecule has 0 aromatic carbocycles. The van der Waals surface area contributed by atoms with Crippen LogP contribution in [-0.2, 0) is 0 Å². The number of piperazine rings is 1. The molecular weight excluding hydrogens is 332 g/mol. The monoisotopic (exact) mass is 364 g/mol. The lowest BCUT2D eigenvalue weighted by Crippen LogP contribution is -2.48. The van der Waals surface area contributed by atoms with Crippen molar-refractivity contribution in [1.82, 2.24) is 25.1 Å². The number of nitrogens with one attached hydrogen (secondary N) is 1. The molecule has 26 heavy (non-hydrogen) atoms. The van der Waals surface area contributed by atoms with Crippen LogP contribution in [0.15, 0.2) is 18.5 Å². The topological polar surface area (TPSA) is 84.8 Å². The molecule has 0 aliphatic carbocycles. The van der Waals surface area contributed by atoms with Gasteiger partial charge in [-0.15, -0.1) is 0 Å². The van der Waals surface area contributed by atoms with E-state index in [4.69, 9.17) is 5.11 Å². The lowest BCUT2D eigenvalue weighted by molar-refractivity contribution is 0.175. The van der Waals surface area contributed by atoms with Crippen molar-refractivity contribution in [3.05, 3.63) is 18.5 Å². The molecule has 8 heteroatoms. The highest BCUT2D eigenvalue weighted by atomic mass is 16.3. The number of anilines is 1. The van der Waals surface area contributed by atoms with Gasteiger partial charge in [0.05, 0.1) is 6.61 Å². The maximum atomic E-state index is 12.2. The van der Waals surface area contributed by atoms with Gasteiger partial charge in [0.2, 0.25) is 5.95 Å². The van der Waals surface area contributed by atoms with E-state index >= 15 is 0 Å². The second kappa shape index (κ2) is 11.6. The van der Waals surface area contributed by atoms with Crippen LogP contribution in [-0.4, -0.2) is 89.9 Å².